The molecule has 0 aromatic carbocycles. The lowest BCUT2D eigenvalue weighted by Gasteiger charge is -2.29. The molecule has 1 aliphatic rings. The number of carbonyl (C=O) groups is 5. The van der Waals surface area contributed by atoms with E-state index in [0.717, 1.165) is 0 Å². The molecule has 1 amide bonds. The van der Waals surface area contributed by atoms with E-state index in [1.165, 1.54) is 20.0 Å². The molecule has 1 aromatic heterocycles. The zero-order valence-corrected chi connectivity index (χ0v) is 20.8. The maximum absolute atomic E-state index is 12.9. The number of rotatable bonds is 7. The minimum absolute atomic E-state index is 0.0534. The molecular weight excluding hydrogens is 460 g/mol. The third kappa shape index (κ3) is 7.00. The van der Waals surface area contributed by atoms with E-state index in [4.69, 9.17) is 18.9 Å². The summed E-state index contributed by atoms with van der Waals surface area (Å²) in [6, 6.07) is 0.182. The van der Waals surface area contributed by atoms with Crippen LogP contribution in [0, 0.1) is 18.8 Å². The van der Waals surface area contributed by atoms with Crippen molar-refractivity contribution in [2.45, 2.75) is 72.6 Å². The molecule has 35 heavy (non-hydrogen) atoms. The summed E-state index contributed by atoms with van der Waals surface area (Å²) in [5.74, 6) is -4.89. The maximum Gasteiger partial charge on any atom is 0.332 e. The smallest absolute Gasteiger partial charge is 0.332 e. The van der Waals surface area contributed by atoms with E-state index in [1.54, 1.807) is 26.8 Å². The van der Waals surface area contributed by atoms with Crippen LogP contribution >= 0.6 is 0 Å². The normalized spacial score (nSPS) is 23.5. The van der Waals surface area contributed by atoms with Crippen molar-refractivity contribution in [3.8, 4) is 5.75 Å². The van der Waals surface area contributed by atoms with E-state index in [9.17, 15) is 24.0 Å². The van der Waals surface area contributed by atoms with Crippen LogP contribution in [0.4, 0.5) is 0 Å². The van der Waals surface area contributed by atoms with Gasteiger partial charge in [-0.1, -0.05) is 20.8 Å². The van der Waals surface area contributed by atoms with Gasteiger partial charge in [-0.05, 0) is 38.3 Å². The van der Waals surface area contributed by atoms with Crippen molar-refractivity contribution in [1.29, 1.82) is 0 Å². The monoisotopic (exact) mass is 492 g/mol. The summed E-state index contributed by atoms with van der Waals surface area (Å²) in [5, 5.41) is 2.43. The summed E-state index contributed by atoms with van der Waals surface area (Å²) in [6.45, 7) is 9.05. The van der Waals surface area contributed by atoms with Crippen LogP contribution in [0.15, 0.2) is 12.3 Å². The van der Waals surface area contributed by atoms with Gasteiger partial charge >= 0.3 is 23.9 Å². The van der Waals surface area contributed by atoms with Crippen molar-refractivity contribution in [3.05, 3.63) is 23.5 Å². The van der Waals surface area contributed by atoms with Gasteiger partial charge in [0.25, 0.3) is 5.91 Å². The molecule has 1 fully saturated rings. The minimum Gasteiger partial charge on any atom is -0.463 e. The highest BCUT2D eigenvalue weighted by Gasteiger charge is 2.41. The van der Waals surface area contributed by atoms with Crippen LogP contribution in [-0.4, -0.2) is 59.6 Å². The van der Waals surface area contributed by atoms with Crippen molar-refractivity contribution >= 4 is 29.8 Å². The molecule has 5 unspecified atom stereocenters. The third-order valence-electron chi connectivity index (χ3n) is 5.72. The van der Waals surface area contributed by atoms with Crippen LogP contribution in [0.5, 0.6) is 5.75 Å². The number of aryl methyl sites for hydroxylation is 1. The highest BCUT2D eigenvalue weighted by Crippen LogP contribution is 2.25. The molecule has 1 saturated heterocycles. The number of ether oxygens (including phenoxy) is 4. The number of hydrogen-bond acceptors (Lipinski definition) is 10. The topological polar surface area (TPSA) is 147 Å². The van der Waals surface area contributed by atoms with E-state index < -0.39 is 66.5 Å². The van der Waals surface area contributed by atoms with Gasteiger partial charge in [-0.25, -0.2) is 9.78 Å². The predicted octanol–water partition coefficient (Wildman–Crippen LogP) is 1.89. The Morgan fingerprint density at radius 2 is 1.91 bits per heavy atom. The summed E-state index contributed by atoms with van der Waals surface area (Å²) in [7, 11) is 0. The zero-order valence-electron chi connectivity index (χ0n) is 20.8. The summed E-state index contributed by atoms with van der Waals surface area (Å²) in [5.41, 5.74) is 0.258. The Labute approximate surface area is 203 Å². The number of amides is 1. The summed E-state index contributed by atoms with van der Waals surface area (Å²) in [4.78, 5) is 66.4. The second-order valence-electron chi connectivity index (χ2n) is 8.42. The van der Waals surface area contributed by atoms with Crippen LogP contribution in [0.3, 0.4) is 0 Å². The Bertz CT molecular complexity index is 978. The zero-order chi connectivity index (χ0) is 26.3. The van der Waals surface area contributed by atoms with Crippen LogP contribution in [0.25, 0.3) is 0 Å². The summed E-state index contributed by atoms with van der Waals surface area (Å²) in [6.07, 6.45) is 0.121. The molecule has 11 heteroatoms. The first kappa shape index (κ1) is 27.7. The van der Waals surface area contributed by atoms with Gasteiger partial charge in [0.2, 0.25) is 0 Å². The van der Waals surface area contributed by atoms with Gasteiger partial charge in [-0.2, -0.15) is 0 Å². The fraction of sp³-hybridized carbons (Fsp3) is 0.583. The molecule has 0 spiro atoms. The maximum atomic E-state index is 12.9. The second-order valence-corrected chi connectivity index (χ2v) is 8.42. The Hall–Kier alpha value is -3.50. The second kappa shape index (κ2) is 12.3. The molecule has 0 bridgehead atoms. The van der Waals surface area contributed by atoms with Crippen LogP contribution in [-0.2, 0) is 33.4 Å². The van der Waals surface area contributed by atoms with Gasteiger partial charge in [0.15, 0.2) is 23.6 Å². The molecule has 0 saturated carbocycles. The molecule has 192 valence electrons. The van der Waals surface area contributed by atoms with E-state index in [-0.39, 0.29) is 17.9 Å². The standard InChI is InChI=1S/C24H32N2O9/c1-7-12(3)22(29)35-20-14(5)33-24(31)17(11-32-23(30)16(20)8-2)26-21(28)18-19(34-15(6)27)13(4)9-10-25-18/h9-10,12,14,16-17,20H,7-8,11H2,1-6H3,(H,26,28). The number of nitrogens with zero attached hydrogens (tertiary/aromatic N) is 1. The average molecular weight is 493 g/mol. The predicted molar refractivity (Wildman–Crippen MR) is 121 cm³/mol. The van der Waals surface area contributed by atoms with Gasteiger partial charge in [0, 0.05) is 13.1 Å². The van der Waals surface area contributed by atoms with Crippen LogP contribution in [0.1, 0.15) is 63.5 Å². The summed E-state index contributed by atoms with van der Waals surface area (Å²) < 4.78 is 21.4. The first-order valence-corrected chi connectivity index (χ1v) is 11.5. The molecule has 2 rings (SSSR count). The molecule has 0 aliphatic carbocycles. The van der Waals surface area contributed by atoms with E-state index >= 15 is 0 Å². The number of carbonyl (C=O) groups excluding carboxylic acids is 5. The van der Waals surface area contributed by atoms with E-state index in [0.29, 0.717) is 12.0 Å². The van der Waals surface area contributed by atoms with Gasteiger partial charge < -0.3 is 24.3 Å². The highest BCUT2D eigenvalue weighted by molar-refractivity contribution is 5.98. The molecule has 2 heterocycles. The van der Waals surface area contributed by atoms with E-state index in [1.807, 2.05) is 6.92 Å². The molecule has 1 aliphatic heterocycles. The largest absolute Gasteiger partial charge is 0.463 e. The van der Waals surface area contributed by atoms with Gasteiger partial charge in [-0.3, -0.25) is 19.2 Å². The van der Waals surface area contributed by atoms with Crippen molar-refractivity contribution in [3.63, 3.8) is 0 Å². The number of nitrogens with one attached hydrogen (secondary N) is 1. The van der Waals surface area contributed by atoms with Crippen molar-refractivity contribution < 1.29 is 42.9 Å². The number of esters is 4. The first-order chi connectivity index (χ1) is 16.5. The summed E-state index contributed by atoms with van der Waals surface area (Å²) >= 11 is 0. The molecule has 1 N–H and O–H groups in total. The molecule has 0 radical (unpaired) electrons. The molecule has 11 nitrogen and oxygen atoms in total. The number of hydrogen-bond donors (Lipinski definition) is 1. The van der Waals surface area contributed by atoms with Gasteiger partial charge in [0.05, 0.1) is 11.8 Å². The van der Waals surface area contributed by atoms with Crippen LogP contribution in [0.2, 0.25) is 0 Å². The Morgan fingerprint density at radius 3 is 2.51 bits per heavy atom. The lowest BCUT2D eigenvalue weighted by atomic mass is 9.95. The lowest BCUT2D eigenvalue weighted by molar-refractivity contribution is -0.177. The highest BCUT2D eigenvalue weighted by atomic mass is 16.6. The van der Waals surface area contributed by atoms with Crippen molar-refractivity contribution in [2.24, 2.45) is 11.8 Å². The van der Waals surface area contributed by atoms with Crippen molar-refractivity contribution in [2.75, 3.05) is 6.61 Å². The molecular formula is C24H32N2O9. The SMILES string of the molecule is CCC(C)C(=O)OC1C(C)OC(=O)C(NC(=O)c2nccc(C)c2OC(C)=O)COC(=O)C1CC. The fourth-order valence-corrected chi connectivity index (χ4v) is 3.43. The van der Waals surface area contributed by atoms with E-state index in [2.05, 4.69) is 10.3 Å². The van der Waals surface area contributed by atoms with Gasteiger partial charge in [0.1, 0.15) is 12.7 Å². The Morgan fingerprint density at radius 1 is 1.23 bits per heavy atom. The molecule has 5 atom stereocenters. The Kier molecular flexibility index (Phi) is 9.73. The molecule has 1 aromatic rings. The van der Waals surface area contributed by atoms with Crippen LogP contribution < -0.4 is 10.1 Å². The quantitative estimate of drug-likeness (QED) is 0.442. The van der Waals surface area contributed by atoms with Gasteiger partial charge in [-0.15, -0.1) is 0 Å². The minimum atomic E-state index is -1.37. The number of aromatic nitrogens is 1. The first-order valence-electron chi connectivity index (χ1n) is 11.5. The number of cyclic esters (lactones) is 2. The lowest BCUT2D eigenvalue weighted by Crippen LogP contribution is -2.47. The fourth-order valence-electron chi connectivity index (χ4n) is 3.43. The Balaban J connectivity index is 2.28. The third-order valence-corrected chi connectivity index (χ3v) is 5.72. The number of pyridine rings is 1. The van der Waals surface area contributed by atoms with Crippen molar-refractivity contribution in [1.82, 2.24) is 10.3 Å². The average Bonchev–Trinajstić information content (AvgIpc) is 2.84.